The van der Waals surface area contributed by atoms with Gasteiger partial charge in [0.05, 0.1) is 71.8 Å². The van der Waals surface area contributed by atoms with Crippen LogP contribution >= 0.6 is 0 Å². The van der Waals surface area contributed by atoms with Gasteiger partial charge in [0, 0.05) is 5.39 Å². The highest BCUT2D eigenvalue weighted by Crippen LogP contribution is 2.49. The van der Waals surface area contributed by atoms with E-state index in [0.717, 1.165) is 0 Å². The molecule has 0 aliphatic carbocycles. The molecule has 0 radical (unpaired) electrons. The fourth-order valence-electron chi connectivity index (χ4n) is 7.64. The largest absolute Gasteiger partial charge is 0.206 e. The SMILES string of the molecule is Fc1cc2c(F)c(-c3c(F)c(F)c(-c4c(F)c(F)c(-c5c(F)c(F)c(-c6c(F)c(F)c(-c7c(F)c(F)c8c(F)c(F)c(F)c(F)c8c7F)c(F)c6F)c(F)c5F)c(F)c4F)c(F)c3F)c(F)c(F)c2c(F)c1F. The minimum atomic E-state index is -3.53. The Morgan fingerprint density at radius 2 is 0.301 bits per heavy atom. The zero-order valence-electron chi connectivity index (χ0n) is 33.0. The van der Waals surface area contributed by atoms with Crippen molar-refractivity contribution in [2.45, 2.75) is 0 Å². The first-order chi connectivity index (χ1) is 33.9. The second kappa shape index (κ2) is 17.2. The monoisotopic (exact) mass is 1080 g/mol. The van der Waals surface area contributed by atoms with Gasteiger partial charge in [0.2, 0.25) is 0 Å². The molecule has 0 amide bonds. The number of halogens is 29. The molecule has 0 unspecified atom stereocenters. The van der Waals surface area contributed by atoms with Crippen molar-refractivity contribution in [3.63, 3.8) is 0 Å². The standard InChI is InChI=1S/C44HF29/c45-3-1-2-4(20(49)18(3)47)21(50)22(51)5(17(2)46)8-24(53)29(58)11(30(59)25(8)54)13-33(62)37(66)15(38(67)34(13)63)16-39(68)35(64)14(36(65)40(16)69)12-31(60)26(55)9(27(56)32(12)61)6-19(48)7-10(28(57)23(6)52)42(71)44(73)43(72)41(7)70/h1H. The summed E-state index contributed by atoms with van der Waals surface area (Å²) in [4.78, 5) is 0. The van der Waals surface area contributed by atoms with Gasteiger partial charge in [-0.05, 0) is 6.07 Å². The van der Waals surface area contributed by atoms with E-state index in [2.05, 4.69) is 0 Å². The average Bonchev–Trinajstić information content (AvgIpc) is 3.34. The molecule has 0 aliphatic rings. The number of hydrogen-bond acceptors (Lipinski definition) is 0. The lowest BCUT2D eigenvalue weighted by Gasteiger charge is -2.19. The molecule has 0 saturated carbocycles. The maximum atomic E-state index is 15.6. The third-order valence-corrected chi connectivity index (χ3v) is 10.9. The highest BCUT2D eigenvalue weighted by molar-refractivity contribution is 5.92. The summed E-state index contributed by atoms with van der Waals surface area (Å²) >= 11 is 0. The molecule has 8 aromatic rings. The summed E-state index contributed by atoms with van der Waals surface area (Å²) in [5, 5.41) is -9.04. The van der Waals surface area contributed by atoms with Crippen molar-refractivity contribution in [3.8, 4) is 55.6 Å². The Bertz CT molecular complexity index is 3780. The van der Waals surface area contributed by atoms with Gasteiger partial charge in [-0.2, -0.15) is 0 Å². The van der Waals surface area contributed by atoms with Crippen molar-refractivity contribution in [1.82, 2.24) is 0 Å². The third kappa shape index (κ3) is 6.74. The Balaban J connectivity index is 1.31. The minimum absolute atomic E-state index is 0.466. The fraction of sp³-hybridized carbons (Fsp3) is 0. The Morgan fingerprint density at radius 1 is 0.137 bits per heavy atom. The lowest BCUT2D eigenvalue weighted by atomic mass is 9.90. The minimum Gasteiger partial charge on any atom is -0.206 e. The van der Waals surface area contributed by atoms with Crippen molar-refractivity contribution in [2.24, 2.45) is 0 Å². The zero-order chi connectivity index (χ0) is 54.5. The van der Waals surface area contributed by atoms with Crippen molar-refractivity contribution in [3.05, 3.63) is 175 Å². The van der Waals surface area contributed by atoms with E-state index in [0.29, 0.717) is 0 Å². The maximum Gasteiger partial charge on any atom is 0.198 e. The summed E-state index contributed by atoms with van der Waals surface area (Å²) in [6, 6.07) is -0.466. The first-order valence-electron chi connectivity index (χ1n) is 18.3. The van der Waals surface area contributed by atoms with E-state index in [1.165, 1.54) is 0 Å². The smallest absolute Gasteiger partial charge is 0.198 e. The van der Waals surface area contributed by atoms with E-state index in [-0.39, 0.29) is 0 Å². The van der Waals surface area contributed by atoms with Crippen molar-refractivity contribution < 1.29 is 127 Å². The molecule has 8 rings (SSSR count). The number of rotatable bonds is 5. The Kier molecular flexibility index (Phi) is 12.2. The fourth-order valence-corrected chi connectivity index (χ4v) is 7.64. The van der Waals surface area contributed by atoms with Gasteiger partial charge in [-0.1, -0.05) is 0 Å². The highest BCUT2D eigenvalue weighted by atomic mass is 19.2. The molecule has 0 heterocycles. The molecular formula is C44HF29. The van der Waals surface area contributed by atoms with Gasteiger partial charge in [0.15, 0.2) is 157 Å². The zero-order valence-corrected chi connectivity index (χ0v) is 33.0. The molecule has 0 nitrogen and oxygen atoms in total. The summed E-state index contributed by atoms with van der Waals surface area (Å²) in [6.45, 7) is 0. The van der Waals surface area contributed by atoms with Crippen LogP contribution in [0.25, 0.3) is 77.2 Å². The quantitative estimate of drug-likeness (QED) is 0.0915. The lowest BCUT2D eigenvalue weighted by molar-refractivity contribution is 0.412. The van der Waals surface area contributed by atoms with Crippen LogP contribution in [-0.4, -0.2) is 0 Å². The van der Waals surface area contributed by atoms with E-state index in [9.17, 15) is 39.5 Å². The molecule has 0 fully saturated rings. The predicted molar refractivity (Wildman–Crippen MR) is 187 cm³/mol. The predicted octanol–water partition coefficient (Wildman–Crippen LogP) is 16.4. The Hall–Kier alpha value is -7.75. The average molecular weight is 1080 g/mol. The molecule has 380 valence electrons. The lowest BCUT2D eigenvalue weighted by Crippen LogP contribution is -2.13. The number of benzene rings is 8. The second-order valence-electron chi connectivity index (χ2n) is 14.6. The van der Waals surface area contributed by atoms with Crippen LogP contribution in [0.15, 0.2) is 6.07 Å². The number of hydrogen-bond donors (Lipinski definition) is 0. The van der Waals surface area contributed by atoms with Crippen LogP contribution in [0.5, 0.6) is 0 Å². The molecule has 0 aromatic heterocycles. The summed E-state index contributed by atoms with van der Waals surface area (Å²) in [6.07, 6.45) is 0. The second-order valence-corrected chi connectivity index (χ2v) is 14.6. The molecule has 0 atom stereocenters. The van der Waals surface area contributed by atoms with Crippen molar-refractivity contribution >= 4 is 21.5 Å². The van der Waals surface area contributed by atoms with Gasteiger partial charge in [-0.15, -0.1) is 0 Å². The summed E-state index contributed by atoms with van der Waals surface area (Å²) in [5.41, 5.74) is -29.8. The highest BCUT2D eigenvalue weighted by Gasteiger charge is 2.42. The molecule has 29 heteroatoms. The molecule has 0 bridgehead atoms. The van der Waals surface area contributed by atoms with Crippen molar-refractivity contribution in [1.29, 1.82) is 0 Å². The van der Waals surface area contributed by atoms with E-state index in [1.807, 2.05) is 0 Å². The third-order valence-electron chi connectivity index (χ3n) is 10.9. The molecule has 8 aromatic carbocycles. The molecule has 0 N–H and O–H groups in total. The van der Waals surface area contributed by atoms with Gasteiger partial charge in [0.1, 0.15) is 11.6 Å². The first kappa shape index (κ1) is 51.6. The van der Waals surface area contributed by atoms with Gasteiger partial charge >= 0.3 is 0 Å². The van der Waals surface area contributed by atoms with Crippen LogP contribution in [0.2, 0.25) is 0 Å². The van der Waals surface area contributed by atoms with Crippen LogP contribution in [0.4, 0.5) is 127 Å². The van der Waals surface area contributed by atoms with Gasteiger partial charge in [-0.3, -0.25) is 0 Å². The Morgan fingerprint density at radius 3 is 0.562 bits per heavy atom. The van der Waals surface area contributed by atoms with E-state index < -0.39 is 252 Å². The summed E-state index contributed by atoms with van der Waals surface area (Å²) in [5.74, 6) is -92.7. The molecule has 73 heavy (non-hydrogen) atoms. The Labute approximate surface area is 379 Å². The van der Waals surface area contributed by atoms with Crippen LogP contribution in [0.1, 0.15) is 0 Å². The molecule has 0 aliphatic heterocycles. The van der Waals surface area contributed by atoms with E-state index in [4.69, 9.17) is 0 Å². The first-order valence-corrected chi connectivity index (χ1v) is 18.3. The van der Waals surface area contributed by atoms with E-state index in [1.54, 1.807) is 0 Å². The van der Waals surface area contributed by atoms with E-state index >= 15 is 87.8 Å². The van der Waals surface area contributed by atoms with Gasteiger partial charge < -0.3 is 0 Å². The normalized spacial score (nSPS) is 11.9. The van der Waals surface area contributed by atoms with Gasteiger partial charge in [-0.25, -0.2) is 127 Å². The topological polar surface area (TPSA) is 0 Å². The molecule has 0 saturated heterocycles. The van der Waals surface area contributed by atoms with Crippen LogP contribution in [0.3, 0.4) is 0 Å². The number of fused-ring (bicyclic) bond motifs is 2. The van der Waals surface area contributed by atoms with Crippen LogP contribution in [-0.2, 0) is 0 Å². The molecular weight excluding hydrogens is 1080 g/mol. The van der Waals surface area contributed by atoms with Gasteiger partial charge in [0.25, 0.3) is 0 Å². The van der Waals surface area contributed by atoms with Crippen LogP contribution in [0, 0.1) is 169 Å². The summed E-state index contributed by atoms with van der Waals surface area (Å²) < 4.78 is 438. The van der Waals surface area contributed by atoms with Crippen molar-refractivity contribution in [2.75, 3.05) is 0 Å². The molecule has 0 spiro atoms. The maximum absolute atomic E-state index is 15.6. The summed E-state index contributed by atoms with van der Waals surface area (Å²) in [7, 11) is 0. The van der Waals surface area contributed by atoms with Crippen LogP contribution < -0.4 is 0 Å².